The molecule has 1 heterocycles. The molecule has 1 aromatic heterocycles. The number of carbonyl (C=O) groups excluding carboxylic acids is 1. The van der Waals surface area contributed by atoms with Crippen molar-refractivity contribution in [2.45, 2.75) is 12.1 Å². The molecule has 1 N–H and O–H groups in total. The molecule has 0 bridgehead atoms. The van der Waals surface area contributed by atoms with Gasteiger partial charge in [-0.3, -0.25) is 4.79 Å². The van der Waals surface area contributed by atoms with Crippen LogP contribution in [0.2, 0.25) is 0 Å². The first-order valence-corrected chi connectivity index (χ1v) is 9.53. The van der Waals surface area contributed by atoms with Gasteiger partial charge < -0.3 is 19.4 Å². The summed E-state index contributed by atoms with van der Waals surface area (Å²) in [5.41, 5.74) is 0.722. The Balaban J connectivity index is 1.50. The maximum atomic E-state index is 12.1. The molecule has 0 fully saturated rings. The van der Waals surface area contributed by atoms with E-state index in [9.17, 15) is 4.79 Å². The molecule has 6 nitrogen and oxygen atoms in total. The number of imidazole rings is 1. The predicted octanol–water partition coefficient (Wildman–Crippen LogP) is 4.34. The number of aryl methyl sites for hydroxylation is 1. The van der Waals surface area contributed by atoms with E-state index in [0.29, 0.717) is 18.1 Å². The van der Waals surface area contributed by atoms with Crippen molar-refractivity contribution >= 4 is 23.4 Å². The molecule has 0 saturated heterocycles. The lowest BCUT2D eigenvalue weighted by atomic mass is 10.3. The third-order valence-electron chi connectivity index (χ3n) is 3.62. The summed E-state index contributed by atoms with van der Waals surface area (Å²) in [6.07, 6.45) is 3.56. The topological polar surface area (TPSA) is 65.4 Å². The molecule has 0 atom stereocenters. The Labute approximate surface area is 162 Å². The van der Waals surface area contributed by atoms with Crippen LogP contribution >= 0.6 is 11.8 Å². The van der Waals surface area contributed by atoms with Crippen LogP contribution in [0.4, 0.5) is 5.69 Å². The van der Waals surface area contributed by atoms with Gasteiger partial charge in [-0.25, -0.2) is 4.98 Å². The number of aromatic nitrogens is 2. The first kappa shape index (κ1) is 18.8. The second kappa shape index (κ2) is 9.14. The Morgan fingerprint density at radius 3 is 2.30 bits per heavy atom. The number of benzene rings is 2. The van der Waals surface area contributed by atoms with Gasteiger partial charge in [0.05, 0.1) is 12.4 Å². The summed E-state index contributed by atoms with van der Waals surface area (Å²) in [6, 6.07) is 14.7. The van der Waals surface area contributed by atoms with E-state index in [1.165, 1.54) is 11.8 Å². The molecule has 2 aromatic carbocycles. The van der Waals surface area contributed by atoms with E-state index in [-0.39, 0.29) is 5.91 Å². The van der Waals surface area contributed by atoms with E-state index in [0.717, 1.165) is 22.3 Å². The van der Waals surface area contributed by atoms with E-state index in [1.54, 1.807) is 6.20 Å². The molecule has 0 saturated carbocycles. The number of amides is 1. The zero-order chi connectivity index (χ0) is 19.1. The Bertz CT molecular complexity index is 876. The highest BCUT2D eigenvalue weighted by molar-refractivity contribution is 7.99. The highest BCUT2D eigenvalue weighted by Gasteiger charge is 2.07. The van der Waals surface area contributed by atoms with Crippen LogP contribution in [0.1, 0.15) is 6.92 Å². The zero-order valence-corrected chi connectivity index (χ0v) is 16.0. The monoisotopic (exact) mass is 383 g/mol. The number of nitrogens with zero attached hydrogens (tertiary/aromatic N) is 2. The molecule has 0 aliphatic rings. The molecular weight excluding hydrogens is 362 g/mol. The molecule has 0 unspecified atom stereocenters. The Kier molecular flexibility index (Phi) is 6.38. The zero-order valence-electron chi connectivity index (χ0n) is 15.2. The van der Waals surface area contributed by atoms with Gasteiger partial charge in [0.25, 0.3) is 0 Å². The number of anilines is 1. The number of nitrogens with one attached hydrogen (secondary N) is 1. The van der Waals surface area contributed by atoms with Gasteiger partial charge in [-0.15, -0.1) is 0 Å². The van der Waals surface area contributed by atoms with Gasteiger partial charge in [0.1, 0.15) is 17.2 Å². The number of rotatable bonds is 8. The van der Waals surface area contributed by atoms with Crippen molar-refractivity contribution in [2.75, 3.05) is 17.7 Å². The lowest BCUT2D eigenvalue weighted by Gasteiger charge is -2.09. The van der Waals surface area contributed by atoms with Crippen LogP contribution in [0.3, 0.4) is 0 Å². The largest absolute Gasteiger partial charge is 0.494 e. The van der Waals surface area contributed by atoms with Gasteiger partial charge >= 0.3 is 0 Å². The van der Waals surface area contributed by atoms with E-state index in [2.05, 4.69) is 10.3 Å². The van der Waals surface area contributed by atoms with Crippen LogP contribution in [-0.2, 0) is 11.8 Å². The normalized spacial score (nSPS) is 10.4. The summed E-state index contributed by atoms with van der Waals surface area (Å²) in [4.78, 5) is 16.3. The van der Waals surface area contributed by atoms with Crippen molar-refractivity contribution in [3.05, 3.63) is 60.9 Å². The average molecular weight is 383 g/mol. The van der Waals surface area contributed by atoms with E-state index in [1.807, 2.05) is 73.3 Å². The number of carbonyl (C=O) groups is 1. The first-order valence-electron chi connectivity index (χ1n) is 8.55. The van der Waals surface area contributed by atoms with Crippen molar-refractivity contribution in [3.63, 3.8) is 0 Å². The quantitative estimate of drug-likeness (QED) is 0.586. The van der Waals surface area contributed by atoms with Crippen LogP contribution in [0.5, 0.6) is 17.2 Å². The number of hydrogen-bond donors (Lipinski definition) is 1. The van der Waals surface area contributed by atoms with Crippen LogP contribution < -0.4 is 14.8 Å². The van der Waals surface area contributed by atoms with Crippen LogP contribution in [0.15, 0.2) is 66.1 Å². The predicted molar refractivity (Wildman–Crippen MR) is 107 cm³/mol. The molecule has 3 rings (SSSR count). The molecule has 7 heteroatoms. The third-order valence-corrected chi connectivity index (χ3v) is 4.68. The Hall–Kier alpha value is -2.93. The van der Waals surface area contributed by atoms with Crippen molar-refractivity contribution in [1.82, 2.24) is 9.55 Å². The molecule has 1 amide bonds. The van der Waals surface area contributed by atoms with E-state index >= 15 is 0 Å². The summed E-state index contributed by atoms with van der Waals surface area (Å²) in [6.45, 7) is 2.58. The first-order chi connectivity index (χ1) is 13.1. The van der Waals surface area contributed by atoms with Crippen LogP contribution in [-0.4, -0.2) is 27.8 Å². The van der Waals surface area contributed by atoms with Crippen LogP contribution in [0, 0.1) is 0 Å². The van der Waals surface area contributed by atoms with Gasteiger partial charge in [-0.05, 0) is 55.5 Å². The molecule has 27 heavy (non-hydrogen) atoms. The molecular formula is C20H21N3O3S. The molecule has 140 valence electrons. The minimum Gasteiger partial charge on any atom is -0.494 e. The van der Waals surface area contributed by atoms with E-state index in [4.69, 9.17) is 9.47 Å². The average Bonchev–Trinajstić information content (AvgIpc) is 3.08. The summed E-state index contributed by atoms with van der Waals surface area (Å²) in [5, 5.41) is 3.68. The molecule has 3 aromatic rings. The maximum Gasteiger partial charge on any atom is 0.234 e. The SMILES string of the molecule is CCOc1ccc(Oc2ccc(NC(=O)CSc3nccn3C)cc2)cc1. The van der Waals surface area contributed by atoms with Crippen molar-refractivity contribution in [3.8, 4) is 17.2 Å². The second-order valence-corrected chi connectivity index (χ2v) is 6.63. The lowest BCUT2D eigenvalue weighted by molar-refractivity contribution is -0.113. The van der Waals surface area contributed by atoms with Gasteiger partial charge in [0, 0.05) is 25.1 Å². The van der Waals surface area contributed by atoms with Gasteiger partial charge in [-0.2, -0.15) is 0 Å². The summed E-state index contributed by atoms with van der Waals surface area (Å²) >= 11 is 1.40. The van der Waals surface area contributed by atoms with Crippen LogP contribution in [0.25, 0.3) is 0 Å². The van der Waals surface area contributed by atoms with Crippen molar-refractivity contribution < 1.29 is 14.3 Å². The van der Waals surface area contributed by atoms with Crippen molar-refractivity contribution in [2.24, 2.45) is 7.05 Å². The molecule has 0 radical (unpaired) electrons. The van der Waals surface area contributed by atoms with Gasteiger partial charge in [-0.1, -0.05) is 11.8 Å². The number of hydrogen-bond acceptors (Lipinski definition) is 5. The fourth-order valence-corrected chi connectivity index (χ4v) is 3.06. The Morgan fingerprint density at radius 1 is 1.07 bits per heavy atom. The summed E-state index contributed by atoms with van der Waals surface area (Å²) in [7, 11) is 1.90. The summed E-state index contributed by atoms with van der Waals surface area (Å²) < 4.78 is 13.1. The van der Waals surface area contributed by atoms with E-state index < -0.39 is 0 Å². The maximum absolute atomic E-state index is 12.1. The number of ether oxygens (including phenoxy) is 2. The third kappa shape index (κ3) is 5.52. The highest BCUT2D eigenvalue weighted by atomic mass is 32.2. The minimum absolute atomic E-state index is 0.0804. The van der Waals surface area contributed by atoms with Gasteiger partial charge in [0.2, 0.25) is 5.91 Å². The molecule has 0 aliphatic heterocycles. The molecule has 0 aliphatic carbocycles. The summed E-state index contributed by atoms with van der Waals surface area (Å²) in [5.74, 6) is 2.45. The minimum atomic E-state index is -0.0804. The highest BCUT2D eigenvalue weighted by Crippen LogP contribution is 2.25. The van der Waals surface area contributed by atoms with Gasteiger partial charge in [0.15, 0.2) is 5.16 Å². The fourth-order valence-electron chi connectivity index (χ4n) is 2.33. The lowest BCUT2D eigenvalue weighted by Crippen LogP contribution is -2.14. The fraction of sp³-hybridized carbons (Fsp3) is 0.200. The Morgan fingerprint density at radius 2 is 1.70 bits per heavy atom. The smallest absolute Gasteiger partial charge is 0.234 e. The molecule has 0 spiro atoms. The van der Waals surface area contributed by atoms with Crippen molar-refractivity contribution in [1.29, 1.82) is 0 Å². The number of thioether (sulfide) groups is 1. The standard InChI is InChI=1S/C20H21N3O3S/c1-3-25-16-8-10-18(11-9-16)26-17-6-4-15(5-7-17)22-19(24)14-27-20-21-12-13-23(20)2/h4-13H,3,14H2,1-2H3,(H,22,24). The second-order valence-electron chi connectivity index (χ2n) is 5.69.